The molecule has 2 rings (SSSR count). The number of nitrogens with zero attached hydrogens (tertiary/aromatic N) is 2. The fourth-order valence-electron chi connectivity index (χ4n) is 1.22. The Kier molecular flexibility index (Phi) is 3.48. The standard InChI is InChI=1S/C10H10ClN3OS/c1-6-12-10(14-13-6)16-9-4-8(11)3-2-7(9)5-15/h2-4,15H,5H2,1H3,(H,12,13,14). The number of rotatable bonds is 3. The zero-order valence-corrected chi connectivity index (χ0v) is 10.1. The fourth-order valence-corrected chi connectivity index (χ4v) is 2.38. The third kappa shape index (κ3) is 2.55. The molecule has 6 heteroatoms. The van der Waals surface area contributed by atoms with Gasteiger partial charge in [0, 0.05) is 9.92 Å². The van der Waals surface area contributed by atoms with Crippen LogP contribution in [0.1, 0.15) is 11.4 Å². The fraction of sp³-hybridized carbons (Fsp3) is 0.200. The molecule has 0 aliphatic heterocycles. The Morgan fingerprint density at radius 2 is 2.31 bits per heavy atom. The quantitative estimate of drug-likeness (QED) is 0.884. The molecule has 0 aliphatic rings. The van der Waals surface area contributed by atoms with Crippen molar-refractivity contribution in [2.24, 2.45) is 0 Å². The summed E-state index contributed by atoms with van der Waals surface area (Å²) in [6, 6.07) is 5.34. The molecule has 0 amide bonds. The first-order valence-corrected chi connectivity index (χ1v) is 5.84. The molecule has 4 nitrogen and oxygen atoms in total. The van der Waals surface area contributed by atoms with E-state index >= 15 is 0 Å². The summed E-state index contributed by atoms with van der Waals surface area (Å²) in [5.74, 6) is 0.759. The zero-order valence-electron chi connectivity index (χ0n) is 8.57. The number of benzene rings is 1. The van der Waals surface area contributed by atoms with Crippen molar-refractivity contribution in [2.45, 2.75) is 23.6 Å². The van der Waals surface area contributed by atoms with E-state index in [1.807, 2.05) is 6.92 Å². The molecule has 2 N–H and O–H groups in total. The summed E-state index contributed by atoms with van der Waals surface area (Å²) in [4.78, 5) is 5.05. The Balaban J connectivity index is 2.29. The van der Waals surface area contributed by atoms with Crippen molar-refractivity contribution in [3.8, 4) is 0 Å². The lowest BCUT2D eigenvalue weighted by Gasteiger charge is -2.04. The summed E-state index contributed by atoms with van der Waals surface area (Å²) in [7, 11) is 0. The Bertz CT molecular complexity index is 501. The van der Waals surface area contributed by atoms with Crippen molar-refractivity contribution in [3.63, 3.8) is 0 Å². The molecule has 1 aromatic heterocycles. The van der Waals surface area contributed by atoms with Gasteiger partial charge in [0.25, 0.3) is 0 Å². The summed E-state index contributed by atoms with van der Waals surface area (Å²) in [5, 5.41) is 17.2. The highest BCUT2D eigenvalue weighted by Crippen LogP contribution is 2.30. The van der Waals surface area contributed by atoms with E-state index in [0.717, 1.165) is 16.3 Å². The van der Waals surface area contributed by atoms with Crippen LogP contribution in [0.5, 0.6) is 0 Å². The first kappa shape index (κ1) is 11.4. The number of halogens is 1. The van der Waals surface area contributed by atoms with Crippen LogP contribution in [0.4, 0.5) is 0 Å². The van der Waals surface area contributed by atoms with Crippen molar-refractivity contribution in [1.82, 2.24) is 15.2 Å². The maximum Gasteiger partial charge on any atom is 0.213 e. The molecular weight excluding hydrogens is 246 g/mol. The Morgan fingerprint density at radius 3 is 2.94 bits per heavy atom. The molecule has 2 aromatic rings. The molecule has 0 aliphatic carbocycles. The lowest BCUT2D eigenvalue weighted by atomic mass is 10.2. The minimum Gasteiger partial charge on any atom is -0.392 e. The minimum absolute atomic E-state index is 0.0249. The first-order valence-electron chi connectivity index (χ1n) is 4.65. The van der Waals surface area contributed by atoms with Crippen LogP contribution in [0, 0.1) is 6.92 Å². The summed E-state index contributed by atoms with van der Waals surface area (Å²) in [6.45, 7) is 1.81. The molecular formula is C10H10ClN3OS. The van der Waals surface area contributed by atoms with E-state index in [1.54, 1.807) is 18.2 Å². The molecule has 1 heterocycles. The summed E-state index contributed by atoms with van der Waals surface area (Å²) in [6.07, 6.45) is 0. The predicted molar refractivity (Wildman–Crippen MR) is 62.6 cm³/mol. The number of aromatic amines is 1. The van der Waals surface area contributed by atoms with Crippen molar-refractivity contribution in [3.05, 3.63) is 34.6 Å². The summed E-state index contributed by atoms with van der Waals surface area (Å²) >= 11 is 7.28. The molecule has 16 heavy (non-hydrogen) atoms. The van der Waals surface area contributed by atoms with E-state index in [4.69, 9.17) is 11.6 Å². The molecule has 1 aromatic carbocycles. The van der Waals surface area contributed by atoms with Crippen LogP contribution in [0.3, 0.4) is 0 Å². The molecule has 0 saturated carbocycles. The van der Waals surface area contributed by atoms with Gasteiger partial charge in [-0.3, -0.25) is 5.10 Å². The number of hydrogen-bond acceptors (Lipinski definition) is 4. The lowest BCUT2D eigenvalue weighted by Crippen LogP contribution is -1.88. The van der Waals surface area contributed by atoms with E-state index in [-0.39, 0.29) is 6.61 Å². The number of aromatic nitrogens is 3. The van der Waals surface area contributed by atoms with Gasteiger partial charge in [-0.2, -0.15) is 0 Å². The largest absolute Gasteiger partial charge is 0.392 e. The second-order valence-electron chi connectivity index (χ2n) is 3.22. The minimum atomic E-state index is -0.0249. The topological polar surface area (TPSA) is 61.8 Å². The smallest absolute Gasteiger partial charge is 0.213 e. The molecule has 0 radical (unpaired) electrons. The van der Waals surface area contributed by atoms with Gasteiger partial charge in [0.2, 0.25) is 5.16 Å². The highest BCUT2D eigenvalue weighted by molar-refractivity contribution is 7.99. The van der Waals surface area contributed by atoms with E-state index < -0.39 is 0 Å². The highest BCUT2D eigenvalue weighted by atomic mass is 35.5. The molecule has 0 saturated heterocycles. The second-order valence-corrected chi connectivity index (χ2v) is 4.66. The second kappa shape index (κ2) is 4.86. The zero-order chi connectivity index (χ0) is 11.5. The van der Waals surface area contributed by atoms with Crippen LogP contribution in [0.15, 0.2) is 28.3 Å². The van der Waals surface area contributed by atoms with Gasteiger partial charge in [0.1, 0.15) is 5.82 Å². The van der Waals surface area contributed by atoms with E-state index in [0.29, 0.717) is 10.2 Å². The maximum atomic E-state index is 9.19. The first-order chi connectivity index (χ1) is 7.69. The average Bonchev–Trinajstić information content (AvgIpc) is 2.64. The SMILES string of the molecule is Cc1nc(Sc2cc(Cl)ccc2CO)n[nH]1. The molecule has 0 bridgehead atoms. The van der Waals surface area contributed by atoms with E-state index in [2.05, 4.69) is 15.2 Å². The Hall–Kier alpha value is -1.04. The van der Waals surface area contributed by atoms with Gasteiger partial charge >= 0.3 is 0 Å². The maximum absolute atomic E-state index is 9.19. The van der Waals surface area contributed by atoms with Gasteiger partial charge in [-0.1, -0.05) is 17.7 Å². The van der Waals surface area contributed by atoms with Crippen molar-refractivity contribution in [2.75, 3.05) is 0 Å². The number of aliphatic hydroxyl groups excluding tert-OH is 1. The third-order valence-electron chi connectivity index (χ3n) is 1.98. The number of nitrogens with one attached hydrogen (secondary N) is 1. The summed E-state index contributed by atoms with van der Waals surface area (Å²) in [5.41, 5.74) is 0.817. The molecule has 84 valence electrons. The van der Waals surface area contributed by atoms with Crippen LogP contribution in [-0.4, -0.2) is 20.3 Å². The van der Waals surface area contributed by atoms with Crippen molar-refractivity contribution in [1.29, 1.82) is 0 Å². The van der Waals surface area contributed by atoms with Crippen LogP contribution in [0.25, 0.3) is 0 Å². The molecule has 0 unspecified atom stereocenters. The average molecular weight is 256 g/mol. The van der Waals surface area contributed by atoms with Gasteiger partial charge in [-0.25, -0.2) is 4.98 Å². The van der Waals surface area contributed by atoms with Gasteiger partial charge in [-0.05, 0) is 36.4 Å². The van der Waals surface area contributed by atoms with Crippen LogP contribution in [0.2, 0.25) is 5.02 Å². The molecule has 0 atom stereocenters. The van der Waals surface area contributed by atoms with Crippen LogP contribution in [-0.2, 0) is 6.61 Å². The van der Waals surface area contributed by atoms with Gasteiger partial charge in [-0.15, -0.1) is 5.10 Å². The van der Waals surface area contributed by atoms with Crippen molar-refractivity contribution >= 4 is 23.4 Å². The number of H-pyrrole nitrogens is 1. The number of hydrogen-bond donors (Lipinski definition) is 2. The van der Waals surface area contributed by atoms with Gasteiger partial charge in [0.05, 0.1) is 6.61 Å². The number of aliphatic hydroxyl groups is 1. The number of aryl methyl sites for hydroxylation is 1. The highest BCUT2D eigenvalue weighted by Gasteiger charge is 2.08. The van der Waals surface area contributed by atoms with Gasteiger partial charge in [0.15, 0.2) is 0 Å². The Morgan fingerprint density at radius 1 is 1.50 bits per heavy atom. The molecule has 0 fully saturated rings. The van der Waals surface area contributed by atoms with Crippen molar-refractivity contribution < 1.29 is 5.11 Å². The van der Waals surface area contributed by atoms with Crippen LogP contribution < -0.4 is 0 Å². The molecule has 0 spiro atoms. The monoisotopic (exact) mass is 255 g/mol. The summed E-state index contributed by atoms with van der Waals surface area (Å²) < 4.78 is 0. The van der Waals surface area contributed by atoms with E-state index in [1.165, 1.54) is 11.8 Å². The lowest BCUT2D eigenvalue weighted by molar-refractivity contribution is 0.279. The third-order valence-corrected chi connectivity index (χ3v) is 3.18. The van der Waals surface area contributed by atoms with Gasteiger partial charge < -0.3 is 5.11 Å². The predicted octanol–water partition coefficient (Wildman–Crippen LogP) is 2.41. The normalized spacial score (nSPS) is 10.7. The Labute approximate surface area is 102 Å². The van der Waals surface area contributed by atoms with Crippen LogP contribution >= 0.6 is 23.4 Å². The van der Waals surface area contributed by atoms with E-state index in [9.17, 15) is 5.11 Å².